The van der Waals surface area contributed by atoms with Crippen molar-refractivity contribution < 1.29 is 4.39 Å². The predicted molar refractivity (Wildman–Crippen MR) is 59.7 cm³/mol. The van der Waals surface area contributed by atoms with E-state index in [4.69, 9.17) is 23.2 Å². The van der Waals surface area contributed by atoms with E-state index in [1.165, 1.54) is 6.20 Å². The summed E-state index contributed by atoms with van der Waals surface area (Å²) < 4.78 is 13.4. The molecule has 76 valence electrons. The maximum absolute atomic E-state index is 13.4. The molecular weight excluding hydrogens is 236 g/mol. The molecule has 0 unspecified atom stereocenters. The molecule has 1 nitrogen and oxygen atoms in total. The van der Waals surface area contributed by atoms with Crippen molar-refractivity contribution in [2.75, 3.05) is 0 Å². The second-order valence-electron chi connectivity index (χ2n) is 3.01. The third-order valence-electron chi connectivity index (χ3n) is 1.95. The molecule has 0 amide bonds. The highest BCUT2D eigenvalue weighted by Crippen LogP contribution is 2.28. The smallest absolute Gasteiger partial charge is 0.149 e. The summed E-state index contributed by atoms with van der Waals surface area (Å²) in [4.78, 5) is 3.67. The van der Waals surface area contributed by atoms with E-state index in [0.29, 0.717) is 21.2 Å². The van der Waals surface area contributed by atoms with Gasteiger partial charge in [0.2, 0.25) is 0 Å². The van der Waals surface area contributed by atoms with Crippen molar-refractivity contribution in [3.8, 4) is 11.1 Å². The fourth-order valence-electron chi connectivity index (χ4n) is 1.32. The van der Waals surface area contributed by atoms with Crippen LogP contribution >= 0.6 is 23.2 Å². The summed E-state index contributed by atoms with van der Waals surface area (Å²) in [7, 11) is 0. The maximum atomic E-state index is 13.4. The molecule has 2 rings (SSSR count). The number of halogens is 3. The van der Waals surface area contributed by atoms with Crippen molar-refractivity contribution in [2.45, 2.75) is 0 Å². The molecule has 0 saturated heterocycles. The summed E-state index contributed by atoms with van der Waals surface area (Å²) >= 11 is 11.7. The number of hydrogen-bond acceptors (Lipinski definition) is 1. The van der Waals surface area contributed by atoms with E-state index in [9.17, 15) is 4.39 Å². The van der Waals surface area contributed by atoms with Crippen LogP contribution in [0, 0.1) is 5.82 Å². The Morgan fingerprint density at radius 2 is 1.73 bits per heavy atom. The summed E-state index contributed by atoms with van der Waals surface area (Å²) in [5.41, 5.74) is 1.09. The van der Waals surface area contributed by atoms with E-state index in [2.05, 4.69) is 4.98 Å². The molecule has 0 saturated carbocycles. The van der Waals surface area contributed by atoms with Crippen LogP contribution in [0.1, 0.15) is 0 Å². The minimum atomic E-state index is -0.393. The van der Waals surface area contributed by atoms with Gasteiger partial charge in [0.05, 0.1) is 6.20 Å². The van der Waals surface area contributed by atoms with Gasteiger partial charge in [-0.25, -0.2) is 4.39 Å². The number of rotatable bonds is 1. The van der Waals surface area contributed by atoms with Crippen molar-refractivity contribution in [3.05, 3.63) is 52.5 Å². The summed E-state index contributed by atoms with van der Waals surface area (Å²) in [5, 5.41) is 0.961. The van der Waals surface area contributed by atoms with Crippen LogP contribution in [0.3, 0.4) is 0 Å². The first-order valence-corrected chi connectivity index (χ1v) is 4.98. The Balaban J connectivity index is 2.59. The van der Waals surface area contributed by atoms with Crippen LogP contribution in [0.4, 0.5) is 4.39 Å². The van der Waals surface area contributed by atoms with Gasteiger partial charge in [0.25, 0.3) is 0 Å². The van der Waals surface area contributed by atoms with E-state index in [1.807, 2.05) is 0 Å². The Morgan fingerprint density at radius 1 is 1.07 bits per heavy atom. The SMILES string of the molecule is Fc1cnccc1-c1cc(Cl)cc(Cl)c1. The maximum Gasteiger partial charge on any atom is 0.149 e. The van der Waals surface area contributed by atoms with Crippen molar-refractivity contribution >= 4 is 23.2 Å². The second-order valence-corrected chi connectivity index (χ2v) is 3.89. The van der Waals surface area contributed by atoms with Crippen LogP contribution < -0.4 is 0 Å². The lowest BCUT2D eigenvalue weighted by Crippen LogP contribution is -1.85. The average Bonchev–Trinajstić information content (AvgIpc) is 2.16. The normalized spacial score (nSPS) is 10.3. The minimum absolute atomic E-state index is 0.393. The highest BCUT2D eigenvalue weighted by molar-refractivity contribution is 6.35. The topological polar surface area (TPSA) is 12.9 Å². The predicted octanol–water partition coefficient (Wildman–Crippen LogP) is 4.19. The molecule has 2 aromatic rings. The van der Waals surface area contributed by atoms with Crippen molar-refractivity contribution in [2.24, 2.45) is 0 Å². The lowest BCUT2D eigenvalue weighted by atomic mass is 10.1. The quantitative estimate of drug-likeness (QED) is 0.730. The molecule has 0 aliphatic heterocycles. The Hall–Kier alpha value is -1.12. The average molecular weight is 242 g/mol. The van der Waals surface area contributed by atoms with Crippen LogP contribution in [0.25, 0.3) is 11.1 Å². The second kappa shape index (κ2) is 4.17. The van der Waals surface area contributed by atoms with Gasteiger partial charge in [-0.15, -0.1) is 0 Å². The molecular formula is C11H6Cl2FN. The first-order valence-electron chi connectivity index (χ1n) is 4.23. The molecule has 0 bridgehead atoms. The summed E-state index contributed by atoms with van der Waals surface area (Å²) in [5.74, 6) is -0.393. The van der Waals surface area contributed by atoms with Crippen molar-refractivity contribution in [1.82, 2.24) is 4.98 Å². The molecule has 0 aliphatic rings. The molecule has 0 radical (unpaired) electrons. The number of hydrogen-bond donors (Lipinski definition) is 0. The molecule has 1 heterocycles. The van der Waals surface area contributed by atoms with Gasteiger partial charge >= 0.3 is 0 Å². The van der Waals surface area contributed by atoms with Crippen LogP contribution in [-0.4, -0.2) is 4.98 Å². The van der Waals surface area contributed by atoms with Crippen molar-refractivity contribution in [1.29, 1.82) is 0 Å². The van der Waals surface area contributed by atoms with Gasteiger partial charge in [-0.1, -0.05) is 23.2 Å². The molecule has 0 spiro atoms. The van der Waals surface area contributed by atoms with Crippen LogP contribution in [0.15, 0.2) is 36.7 Å². The fourth-order valence-corrected chi connectivity index (χ4v) is 1.84. The van der Waals surface area contributed by atoms with E-state index in [1.54, 1.807) is 24.3 Å². The monoisotopic (exact) mass is 241 g/mol. The van der Waals surface area contributed by atoms with Gasteiger partial charge in [0.15, 0.2) is 0 Å². The molecule has 0 atom stereocenters. The molecule has 0 aliphatic carbocycles. The zero-order chi connectivity index (χ0) is 10.8. The number of benzene rings is 1. The van der Waals surface area contributed by atoms with E-state index >= 15 is 0 Å². The van der Waals surface area contributed by atoms with Crippen LogP contribution in [0.5, 0.6) is 0 Å². The zero-order valence-electron chi connectivity index (χ0n) is 7.55. The highest BCUT2D eigenvalue weighted by Gasteiger charge is 2.06. The molecule has 0 fully saturated rings. The van der Waals surface area contributed by atoms with Crippen LogP contribution in [0.2, 0.25) is 10.0 Å². The lowest BCUT2D eigenvalue weighted by Gasteiger charge is -2.04. The molecule has 4 heteroatoms. The molecule has 1 aromatic heterocycles. The first kappa shape index (κ1) is 10.4. The van der Waals surface area contributed by atoms with Gasteiger partial charge in [-0.3, -0.25) is 4.98 Å². The number of nitrogens with zero attached hydrogens (tertiary/aromatic N) is 1. The highest BCUT2D eigenvalue weighted by atomic mass is 35.5. The van der Waals surface area contributed by atoms with Gasteiger partial charge in [-0.2, -0.15) is 0 Å². The Morgan fingerprint density at radius 3 is 2.33 bits per heavy atom. The minimum Gasteiger partial charge on any atom is -0.262 e. The molecule has 1 aromatic carbocycles. The Labute approximate surface area is 96.5 Å². The van der Waals surface area contributed by atoms with Crippen LogP contribution in [-0.2, 0) is 0 Å². The standard InChI is InChI=1S/C11H6Cl2FN/c12-8-3-7(4-9(13)5-8)10-1-2-15-6-11(10)14/h1-6H. The summed E-state index contributed by atoms with van der Waals surface area (Å²) in [6, 6.07) is 6.50. The third-order valence-corrected chi connectivity index (χ3v) is 2.38. The lowest BCUT2D eigenvalue weighted by molar-refractivity contribution is 0.625. The van der Waals surface area contributed by atoms with Gasteiger partial charge in [0, 0.05) is 21.8 Å². The van der Waals surface area contributed by atoms with Crippen molar-refractivity contribution in [3.63, 3.8) is 0 Å². The van der Waals surface area contributed by atoms with E-state index in [0.717, 1.165) is 6.20 Å². The number of pyridine rings is 1. The Bertz CT molecular complexity index is 479. The van der Waals surface area contributed by atoms with Gasteiger partial charge in [-0.05, 0) is 29.8 Å². The summed E-state index contributed by atoms with van der Waals surface area (Å²) in [6.07, 6.45) is 2.68. The third kappa shape index (κ3) is 2.28. The Kier molecular flexibility index (Phi) is 2.89. The summed E-state index contributed by atoms with van der Waals surface area (Å²) in [6.45, 7) is 0. The largest absolute Gasteiger partial charge is 0.262 e. The van der Waals surface area contributed by atoms with Gasteiger partial charge < -0.3 is 0 Å². The number of aromatic nitrogens is 1. The molecule has 0 N–H and O–H groups in total. The van der Waals surface area contributed by atoms with Gasteiger partial charge in [0.1, 0.15) is 5.82 Å². The first-order chi connectivity index (χ1) is 7.16. The van der Waals surface area contributed by atoms with E-state index in [-0.39, 0.29) is 0 Å². The molecule has 15 heavy (non-hydrogen) atoms. The fraction of sp³-hybridized carbons (Fsp3) is 0. The van der Waals surface area contributed by atoms with E-state index < -0.39 is 5.82 Å². The zero-order valence-corrected chi connectivity index (χ0v) is 9.06.